The van der Waals surface area contributed by atoms with E-state index in [4.69, 9.17) is 16.3 Å². The molecule has 0 saturated carbocycles. The maximum Gasteiger partial charge on any atom is 0.142 e. The minimum absolute atomic E-state index is 0.128. The summed E-state index contributed by atoms with van der Waals surface area (Å²) in [4.78, 5) is 2.47. The third-order valence-electron chi connectivity index (χ3n) is 4.25. The lowest BCUT2D eigenvalue weighted by molar-refractivity contribution is 0.0661. The summed E-state index contributed by atoms with van der Waals surface area (Å²) in [6.45, 7) is 0. The van der Waals surface area contributed by atoms with Crippen molar-refractivity contribution in [2.24, 2.45) is 0 Å². The third kappa shape index (κ3) is 2.21. The van der Waals surface area contributed by atoms with Crippen molar-refractivity contribution in [2.75, 3.05) is 7.05 Å². The molecule has 18 heavy (non-hydrogen) atoms. The second-order valence-electron chi connectivity index (χ2n) is 5.34. The van der Waals surface area contributed by atoms with Gasteiger partial charge >= 0.3 is 0 Å². The summed E-state index contributed by atoms with van der Waals surface area (Å²) < 4.78 is 19.0. The molecule has 2 aliphatic heterocycles. The largest absolute Gasteiger partial charge is 0.490 e. The highest BCUT2D eigenvalue weighted by atomic mass is 35.5. The number of piperidine rings is 1. The van der Waals surface area contributed by atoms with Crippen LogP contribution in [-0.4, -0.2) is 30.1 Å². The van der Waals surface area contributed by atoms with Gasteiger partial charge in [0, 0.05) is 18.2 Å². The van der Waals surface area contributed by atoms with Gasteiger partial charge in [0.2, 0.25) is 0 Å². The number of halogens is 2. The molecule has 1 aromatic carbocycles. The zero-order valence-corrected chi connectivity index (χ0v) is 11.2. The minimum Gasteiger partial charge on any atom is -0.490 e. The van der Waals surface area contributed by atoms with E-state index in [9.17, 15) is 4.39 Å². The van der Waals surface area contributed by atoms with Gasteiger partial charge in [-0.1, -0.05) is 11.6 Å². The Morgan fingerprint density at radius 2 is 1.94 bits per heavy atom. The van der Waals surface area contributed by atoms with Crippen LogP contribution in [0, 0.1) is 5.82 Å². The molecular weight excluding hydrogens is 253 g/mol. The molecule has 2 nitrogen and oxygen atoms in total. The van der Waals surface area contributed by atoms with Crippen molar-refractivity contribution in [2.45, 2.75) is 43.9 Å². The topological polar surface area (TPSA) is 12.5 Å². The Labute approximate surface area is 112 Å². The number of hydrogen-bond donors (Lipinski definition) is 0. The van der Waals surface area contributed by atoms with Crippen molar-refractivity contribution in [1.29, 1.82) is 0 Å². The zero-order valence-electron chi connectivity index (χ0n) is 10.4. The van der Waals surface area contributed by atoms with Crippen LogP contribution in [0.1, 0.15) is 25.7 Å². The SMILES string of the molecule is CN1[C@@H]2CC[C@H]1CC(Oc1ccc(F)c(Cl)c1)C2. The molecule has 2 fully saturated rings. The van der Waals surface area contributed by atoms with Crippen molar-refractivity contribution in [3.63, 3.8) is 0 Å². The summed E-state index contributed by atoms with van der Waals surface area (Å²) in [7, 11) is 2.20. The summed E-state index contributed by atoms with van der Waals surface area (Å²) >= 11 is 5.76. The van der Waals surface area contributed by atoms with Gasteiger partial charge in [0.15, 0.2) is 0 Å². The van der Waals surface area contributed by atoms with Gasteiger partial charge < -0.3 is 9.64 Å². The smallest absolute Gasteiger partial charge is 0.142 e. The Morgan fingerprint density at radius 1 is 1.28 bits per heavy atom. The molecule has 0 aromatic heterocycles. The Bertz CT molecular complexity index is 439. The zero-order chi connectivity index (χ0) is 12.7. The van der Waals surface area contributed by atoms with Crippen molar-refractivity contribution >= 4 is 11.6 Å². The molecule has 98 valence electrons. The summed E-state index contributed by atoms with van der Waals surface area (Å²) in [5.74, 6) is 0.280. The molecule has 1 unspecified atom stereocenters. The highest BCUT2D eigenvalue weighted by molar-refractivity contribution is 6.30. The van der Waals surface area contributed by atoms with E-state index in [1.165, 1.54) is 18.9 Å². The Balaban J connectivity index is 1.68. The number of hydrogen-bond acceptors (Lipinski definition) is 2. The normalized spacial score (nSPS) is 31.6. The number of nitrogens with zero attached hydrogens (tertiary/aromatic N) is 1. The maximum absolute atomic E-state index is 13.1. The quantitative estimate of drug-likeness (QED) is 0.815. The fourth-order valence-electron chi connectivity index (χ4n) is 3.20. The van der Waals surface area contributed by atoms with E-state index < -0.39 is 5.82 Å². The van der Waals surface area contributed by atoms with E-state index in [0.29, 0.717) is 17.8 Å². The van der Waals surface area contributed by atoms with Gasteiger partial charge in [-0.2, -0.15) is 0 Å². The Morgan fingerprint density at radius 3 is 2.56 bits per heavy atom. The summed E-state index contributed by atoms with van der Waals surface area (Å²) in [5.41, 5.74) is 0. The van der Waals surface area contributed by atoms with Crippen molar-refractivity contribution in [3.8, 4) is 5.75 Å². The van der Waals surface area contributed by atoms with Crippen LogP contribution in [-0.2, 0) is 0 Å². The highest BCUT2D eigenvalue weighted by Gasteiger charge is 2.39. The van der Waals surface area contributed by atoms with E-state index in [1.54, 1.807) is 12.1 Å². The van der Waals surface area contributed by atoms with E-state index in [2.05, 4.69) is 11.9 Å². The van der Waals surface area contributed by atoms with Gasteiger partial charge in [0.25, 0.3) is 0 Å². The number of benzene rings is 1. The number of fused-ring (bicyclic) bond motifs is 2. The average Bonchev–Trinajstić information content (AvgIpc) is 2.58. The molecule has 2 saturated heterocycles. The van der Waals surface area contributed by atoms with Gasteiger partial charge in [-0.25, -0.2) is 4.39 Å². The molecule has 4 heteroatoms. The van der Waals surface area contributed by atoms with E-state index >= 15 is 0 Å². The predicted octanol–water partition coefficient (Wildman–Crippen LogP) is 3.48. The molecule has 2 aliphatic rings. The molecule has 2 bridgehead atoms. The lowest BCUT2D eigenvalue weighted by Crippen LogP contribution is -2.43. The molecule has 0 amide bonds. The molecule has 0 radical (unpaired) electrons. The van der Waals surface area contributed by atoms with Crippen molar-refractivity contribution < 1.29 is 9.13 Å². The van der Waals surface area contributed by atoms with Gasteiger partial charge in [0.1, 0.15) is 17.7 Å². The molecule has 0 aliphatic carbocycles. The first-order chi connectivity index (χ1) is 8.63. The van der Waals surface area contributed by atoms with Crippen molar-refractivity contribution in [1.82, 2.24) is 4.90 Å². The highest BCUT2D eigenvalue weighted by Crippen LogP contribution is 2.36. The van der Waals surface area contributed by atoms with E-state index in [0.717, 1.165) is 12.8 Å². The first kappa shape index (κ1) is 12.2. The van der Waals surface area contributed by atoms with Crippen LogP contribution in [0.3, 0.4) is 0 Å². The summed E-state index contributed by atoms with van der Waals surface area (Å²) in [6.07, 6.45) is 4.89. The first-order valence-electron chi connectivity index (χ1n) is 6.47. The molecule has 3 atom stereocenters. The van der Waals surface area contributed by atoms with Crippen LogP contribution in [0.4, 0.5) is 4.39 Å². The molecule has 2 heterocycles. The van der Waals surface area contributed by atoms with Crippen LogP contribution in [0.2, 0.25) is 5.02 Å². The summed E-state index contributed by atoms with van der Waals surface area (Å²) in [6, 6.07) is 5.87. The van der Waals surface area contributed by atoms with Crippen LogP contribution < -0.4 is 4.74 Å². The second kappa shape index (κ2) is 4.71. The van der Waals surface area contributed by atoms with E-state index in [-0.39, 0.29) is 11.1 Å². The fraction of sp³-hybridized carbons (Fsp3) is 0.571. The predicted molar refractivity (Wildman–Crippen MR) is 69.6 cm³/mol. The van der Waals surface area contributed by atoms with Gasteiger partial charge in [0.05, 0.1) is 5.02 Å². The van der Waals surface area contributed by atoms with Crippen molar-refractivity contribution in [3.05, 3.63) is 29.0 Å². The lowest BCUT2D eigenvalue weighted by Gasteiger charge is -2.36. The average molecular weight is 270 g/mol. The molecule has 3 rings (SSSR count). The summed E-state index contributed by atoms with van der Waals surface area (Å²) in [5, 5.41) is 0.128. The van der Waals surface area contributed by atoms with Crippen LogP contribution in [0.5, 0.6) is 5.75 Å². The first-order valence-corrected chi connectivity index (χ1v) is 6.85. The third-order valence-corrected chi connectivity index (χ3v) is 4.54. The molecular formula is C14H17ClFNO. The van der Waals surface area contributed by atoms with Crippen LogP contribution >= 0.6 is 11.6 Å². The molecule has 1 aromatic rings. The van der Waals surface area contributed by atoms with Crippen LogP contribution in [0.25, 0.3) is 0 Å². The maximum atomic E-state index is 13.1. The Hall–Kier alpha value is -0.800. The monoisotopic (exact) mass is 269 g/mol. The Kier molecular flexibility index (Phi) is 3.20. The van der Waals surface area contributed by atoms with Gasteiger partial charge in [-0.15, -0.1) is 0 Å². The molecule has 0 spiro atoms. The van der Waals surface area contributed by atoms with Gasteiger partial charge in [-0.3, -0.25) is 0 Å². The second-order valence-corrected chi connectivity index (χ2v) is 5.74. The lowest BCUT2D eigenvalue weighted by atomic mass is 10.0. The number of rotatable bonds is 2. The number of ether oxygens (including phenoxy) is 1. The van der Waals surface area contributed by atoms with Crippen LogP contribution in [0.15, 0.2) is 18.2 Å². The minimum atomic E-state index is -0.396. The standard InChI is InChI=1S/C14H17ClFNO/c1-17-9-2-3-10(17)7-12(6-9)18-11-4-5-14(16)13(15)8-11/h4-5,8-10,12H,2-3,6-7H2,1H3/t9-,10+,12?. The fourth-order valence-corrected chi connectivity index (χ4v) is 3.37. The molecule has 0 N–H and O–H groups in total. The van der Waals surface area contributed by atoms with E-state index in [1.807, 2.05) is 0 Å². The van der Waals surface area contributed by atoms with Gasteiger partial charge in [-0.05, 0) is 44.9 Å².